The third kappa shape index (κ3) is 19.8. The summed E-state index contributed by atoms with van der Waals surface area (Å²) in [6.45, 7) is 33.5. The number of likely N-dealkylation sites (tertiary alicyclic amines) is 4. The Morgan fingerprint density at radius 1 is 0.529 bits per heavy atom. The lowest BCUT2D eigenvalue weighted by Gasteiger charge is -2.32. The van der Waals surface area contributed by atoms with Crippen LogP contribution in [0.2, 0.25) is 0 Å². The number of aliphatic imine (C=N–C) groups is 1. The Labute approximate surface area is 638 Å². The van der Waals surface area contributed by atoms with Crippen molar-refractivity contribution >= 4 is 129 Å². The van der Waals surface area contributed by atoms with Crippen LogP contribution in [0.3, 0.4) is 0 Å². The van der Waals surface area contributed by atoms with E-state index in [1.165, 1.54) is 0 Å². The number of H-pyrrole nitrogens is 3. The molecule has 4 amide bonds. The van der Waals surface area contributed by atoms with Crippen LogP contribution in [-0.2, 0) is 34.7 Å². The number of carbonyl (C=O) groups excluding carboxylic acids is 4. The molecule has 4 atom stereocenters. The van der Waals surface area contributed by atoms with E-state index in [9.17, 15) is 19.2 Å². The summed E-state index contributed by atoms with van der Waals surface area (Å²) in [5, 5.41) is 0. The molecule has 0 unspecified atom stereocenters. The fraction of sp³-hybridized carbons (Fsp3) is 0.507. The lowest BCUT2D eigenvalue weighted by atomic mass is 9.78. The number of aromatic nitrogens is 6. The summed E-state index contributed by atoms with van der Waals surface area (Å²) >= 11 is 3.44. The van der Waals surface area contributed by atoms with Crippen molar-refractivity contribution in [3.05, 3.63) is 131 Å². The molecular formula is C75H104BBrN11O10S4+. The summed E-state index contributed by atoms with van der Waals surface area (Å²) in [5.41, 5.74) is 9.24. The largest absolute Gasteiger partial charge is 0.494 e. The van der Waals surface area contributed by atoms with E-state index >= 15 is 0 Å². The van der Waals surface area contributed by atoms with Crippen LogP contribution in [0.1, 0.15) is 197 Å². The number of hydrogen-bond acceptors (Lipinski definition) is 14. The number of aromatic amines is 3. The number of nitrogens with one attached hydrogen (secondary N) is 3. The molecule has 6 aliphatic rings. The van der Waals surface area contributed by atoms with Crippen molar-refractivity contribution in [3.8, 4) is 33.6 Å². The number of benzene rings is 4. The summed E-state index contributed by atoms with van der Waals surface area (Å²) in [7, 11) is -0.380. The first kappa shape index (κ1) is 82.5. The molecule has 9 heterocycles. The predicted molar refractivity (Wildman–Crippen MR) is 426 cm³/mol. The maximum absolute atomic E-state index is 12.8. The van der Waals surface area contributed by atoms with Gasteiger partial charge in [0.25, 0.3) is 0 Å². The predicted octanol–water partition coefficient (Wildman–Crippen LogP) is 17.0. The number of halogens is 1. The van der Waals surface area contributed by atoms with Gasteiger partial charge in [0, 0.05) is 36.2 Å². The molecule has 4 aromatic carbocycles. The average Bonchev–Trinajstić information content (AvgIpc) is 1.62. The third-order valence-electron chi connectivity index (χ3n) is 18.3. The van der Waals surface area contributed by atoms with Crippen LogP contribution in [0.25, 0.3) is 44.7 Å². The minimum Gasteiger partial charge on any atom is -0.444 e. The molecule has 5 saturated heterocycles. The Bertz CT molecular complexity index is 4070. The maximum atomic E-state index is 12.8. The molecule has 0 saturated carbocycles. The first-order valence-electron chi connectivity index (χ1n) is 34.4. The highest BCUT2D eigenvalue weighted by atomic mass is 79.9. The Kier molecular flexibility index (Phi) is 26.5. The molecule has 5 fully saturated rings. The lowest BCUT2D eigenvalue weighted by molar-refractivity contribution is 0.00578. The first-order chi connectivity index (χ1) is 46.0. The monoisotopic (exact) mass is 1540 g/mol. The summed E-state index contributed by atoms with van der Waals surface area (Å²) in [6, 6.07) is 28.4. The number of fused-ring (bicyclic) bond motifs is 2. The van der Waals surface area contributed by atoms with Crippen LogP contribution >= 0.6 is 69.9 Å². The third-order valence-corrected chi connectivity index (χ3v) is 18.9. The molecule has 27 heteroatoms. The van der Waals surface area contributed by atoms with Gasteiger partial charge in [-0.25, -0.2) is 34.1 Å². The summed E-state index contributed by atoms with van der Waals surface area (Å²) in [6.07, 6.45) is 11.5. The second-order valence-corrected chi connectivity index (χ2v) is 32.1. The van der Waals surface area contributed by atoms with Gasteiger partial charge in [-0.1, -0.05) is 70.5 Å². The highest BCUT2D eigenvalue weighted by molar-refractivity contribution is 9.10. The number of amides is 4. The molecule has 102 heavy (non-hydrogen) atoms. The van der Waals surface area contributed by atoms with Gasteiger partial charge in [-0.05, 0) is 213 Å². The number of rotatable bonds is 8. The van der Waals surface area contributed by atoms with Crippen LogP contribution < -0.4 is 5.46 Å². The molecular weight excluding hydrogens is 1430 g/mol. The molecule has 6 aliphatic heterocycles. The van der Waals surface area contributed by atoms with Crippen molar-refractivity contribution in [1.82, 2.24) is 49.5 Å². The van der Waals surface area contributed by atoms with Crippen molar-refractivity contribution in [2.24, 2.45) is 4.99 Å². The highest BCUT2D eigenvalue weighted by Gasteiger charge is 2.52. The maximum Gasteiger partial charge on any atom is 0.494 e. The van der Waals surface area contributed by atoms with Crippen LogP contribution in [-0.4, -0.2) is 153 Å². The van der Waals surface area contributed by atoms with Gasteiger partial charge in [0.1, 0.15) is 52.3 Å². The fourth-order valence-corrected chi connectivity index (χ4v) is 13.2. The van der Waals surface area contributed by atoms with Gasteiger partial charge in [0.05, 0.1) is 76.3 Å². The molecule has 0 bridgehead atoms. The molecule has 0 spiro atoms. The van der Waals surface area contributed by atoms with Crippen molar-refractivity contribution < 1.29 is 47.4 Å². The zero-order valence-corrected chi connectivity index (χ0v) is 67.3. The topological polar surface area (TPSA) is 235 Å². The van der Waals surface area contributed by atoms with Crippen LogP contribution in [0.5, 0.6) is 0 Å². The lowest BCUT2D eigenvalue weighted by Crippen LogP contribution is -2.43. The molecule has 13 rings (SSSR count). The Hall–Kier alpha value is -6.75. The SMILES string of the molecule is CC(C)(C)OC(=O)N1CCC[C@H]1C1=Nc2ccc(B3OC(C)(C)C(C)(C)O3)cc2C1.CC(C)(C)OC(=O)N1CCC[C@H]1c1ncc(-c2ccc(-c3ccc4nc([C@@H]5CCCN5C(=O)OC(C)(C)C)[nH]c4c3)cc2)[nH]1.CC(C)(C)OC(=O)N1C[CH+]C[C@H]1c1ncc(-c2ccc(Br)cc2)[nH]1.S.S.S.S. The summed E-state index contributed by atoms with van der Waals surface area (Å²) in [4.78, 5) is 86.9. The van der Waals surface area contributed by atoms with E-state index in [1.54, 1.807) is 14.7 Å². The average molecular weight is 1540 g/mol. The Balaban J connectivity index is 0.000000221. The second-order valence-electron chi connectivity index (χ2n) is 31.2. The van der Waals surface area contributed by atoms with Gasteiger partial charge < -0.3 is 43.2 Å². The van der Waals surface area contributed by atoms with Crippen LogP contribution in [0, 0.1) is 6.42 Å². The van der Waals surface area contributed by atoms with Crippen molar-refractivity contribution in [3.63, 3.8) is 0 Å². The minimum atomic E-state index is -0.541. The van der Waals surface area contributed by atoms with Gasteiger partial charge in [0.15, 0.2) is 6.54 Å². The zero-order valence-electron chi connectivity index (χ0n) is 61.7. The molecule has 0 aliphatic carbocycles. The molecule has 7 aromatic rings. The summed E-state index contributed by atoms with van der Waals surface area (Å²) in [5.74, 6) is 2.35. The molecule has 0 radical (unpaired) electrons. The Morgan fingerprint density at radius 3 is 1.46 bits per heavy atom. The van der Waals surface area contributed by atoms with Crippen LogP contribution in [0.4, 0.5) is 24.9 Å². The normalized spacial score (nSPS) is 19.7. The number of hydrogen-bond donors (Lipinski definition) is 3. The molecule has 3 N–H and O–H groups in total. The van der Waals surface area contributed by atoms with Crippen molar-refractivity contribution in [1.29, 1.82) is 0 Å². The number of carbonyl (C=O) groups is 4. The molecule has 552 valence electrons. The van der Waals surface area contributed by atoms with E-state index in [1.807, 2.05) is 143 Å². The molecule has 21 nitrogen and oxygen atoms in total. The quantitative estimate of drug-likeness (QED) is 0.0730. The number of ether oxygens (including phenoxy) is 4. The standard InChI is InChI=1S/C34H42N6O4.C23H33BN2O4.C18H21BrN3O2.4H2S/c1-33(2,3)43-31(41)39-17-7-9-27(39)29-35-20-26(38-29)22-13-11-21(12-14-22)23-15-16-24-25(19-23)37-30(36-24)28-10-8-18-40(28)32(42)44-34(4,5)6;1-21(2,3)28-20(27)26-12-8-9-19(26)18-14-15-13-16(10-11-17(15)25-18)24-29-22(4,5)23(6,7)30-24;1-18(2,3)24-17(23)22-10-4-5-15(22)16-20-11-14(21-16)12-6-8-13(19)9-7-12;;;;/h11-16,19-20,27-28H,7-10,17-18H2,1-6H3,(H,35,38)(H,36,37);10-11,13,19H,8-9,12,14H2,1-7H3;4,6-9,11,15H,5,10H2,1-3H3,(H,20,21);4*1H2/q;;+1;;;;/t27-,28-;19-;15-;;;;/m000..../s1. The van der Waals surface area contributed by atoms with Crippen molar-refractivity contribution in [2.75, 3.05) is 26.2 Å². The smallest absolute Gasteiger partial charge is 0.444 e. The van der Waals surface area contributed by atoms with E-state index in [0.29, 0.717) is 26.2 Å². The zero-order chi connectivity index (χ0) is 70.4. The van der Waals surface area contributed by atoms with E-state index in [-0.39, 0.29) is 121 Å². The first-order valence-corrected chi connectivity index (χ1v) is 35.2. The molecule has 3 aromatic heterocycles. The van der Waals surface area contributed by atoms with E-state index in [2.05, 4.69) is 117 Å². The van der Waals surface area contributed by atoms with E-state index < -0.39 is 22.4 Å². The van der Waals surface area contributed by atoms with Gasteiger partial charge in [-0.2, -0.15) is 54.0 Å². The second kappa shape index (κ2) is 32.7. The van der Waals surface area contributed by atoms with Gasteiger partial charge in [0.2, 0.25) is 0 Å². The van der Waals surface area contributed by atoms with Gasteiger partial charge in [-0.3, -0.25) is 24.6 Å². The minimum absolute atomic E-state index is 0. The van der Waals surface area contributed by atoms with Gasteiger partial charge in [-0.15, -0.1) is 0 Å². The van der Waals surface area contributed by atoms with E-state index in [0.717, 1.165) is 140 Å². The fourth-order valence-electron chi connectivity index (χ4n) is 12.9. The van der Waals surface area contributed by atoms with Crippen molar-refractivity contribution in [2.45, 2.75) is 220 Å². The highest BCUT2D eigenvalue weighted by Crippen LogP contribution is 2.40. The Morgan fingerprint density at radius 2 is 0.961 bits per heavy atom. The van der Waals surface area contributed by atoms with E-state index in [4.69, 9.17) is 38.2 Å². The summed E-state index contributed by atoms with van der Waals surface area (Å²) < 4.78 is 35.8. The van der Waals surface area contributed by atoms with Crippen LogP contribution in [0.15, 0.2) is 107 Å². The number of nitrogens with zero attached hydrogens (tertiary/aromatic N) is 8. The number of imidazole rings is 3. The van der Waals surface area contributed by atoms with Gasteiger partial charge >= 0.3 is 31.5 Å².